The third-order valence-corrected chi connectivity index (χ3v) is 8.15. The Hall–Kier alpha value is -3.80. The highest BCUT2D eigenvalue weighted by Gasteiger charge is 2.21. The second-order valence-electron chi connectivity index (χ2n) is 10.3. The van der Waals surface area contributed by atoms with Crippen molar-refractivity contribution < 1.29 is 19.0 Å². The van der Waals surface area contributed by atoms with Crippen LogP contribution in [-0.4, -0.2) is 53.8 Å². The quantitative estimate of drug-likeness (QED) is 0.123. The smallest absolute Gasteiger partial charge is 0.220 e. The van der Waals surface area contributed by atoms with Crippen LogP contribution in [0.2, 0.25) is 10.0 Å². The second kappa shape index (κ2) is 14.8. The molecular weight excluding hydrogens is 606 g/mol. The molecule has 0 aliphatic carbocycles. The van der Waals surface area contributed by atoms with E-state index in [1.807, 2.05) is 24.3 Å². The van der Waals surface area contributed by atoms with Crippen molar-refractivity contribution in [1.29, 1.82) is 0 Å². The van der Waals surface area contributed by atoms with Crippen molar-refractivity contribution >= 4 is 40.6 Å². The summed E-state index contributed by atoms with van der Waals surface area (Å²) in [6.07, 6.45) is 4.57. The first-order valence-electron chi connectivity index (χ1n) is 14.2. The lowest BCUT2D eigenvalue weighted by Crippen LogP contribution is -2.35. The molecule has 230 valence electrons. The largest absolute Gasteiger partial charge is 0.496 e. The summed E-state index contributed by atoms with van der Waals surface area (Å²) in [4.78, 5) is 20.2. The van der Waals surface area contributed by atoms with Gasteiger partial charge >= 0.3 is 0 Å². The van der Waals surface area contributed by atoms with Crippen LogP contribution in [0.3, 0.4) is 0 Å². The maximum absolute atomic E-state index is 15.2. The first-order valence-corrected chi connectivity index (χ1v) is 15.0. The lowest BCUT2D eigenvalue weighted by molar-refractivity contribution is -0.119. The van der Waals surface area contributed by atoms with Gasteiger partial charge in [-0.1, -0.05) is 47.5 Å². The average Bonchev–Trinajstić information content (AvgIpc) is 3.45. The van der Waals surface area contributed by atoms with Gasteiger partial charge < -0.3 is 31.1 Å². The highest BCUT2D eigenvalue weighted by molar-refractivity contribution is 6.39. The van der Waals surface area contributed by atoms with Gasteiger partial charge in [-0.25, -0.2) is 9.37 Å². The molecule has 0 saturated carbocycles. The van der Waals surface area contributed by atoms with E-state index in [9.17, 15) is 4.79 Å². The Kier molecular flexibility index (Phi) is 10.6. The Morgan fingerprint density at radius 2 is 1.82 bits per heavy atom. The fraction of sp³-hybridized carbons (Fsp3) is 0.281. The number of ether oxygens (including phenoxy) is 1. The number of halogens is 3. The van der Waals surface area contributed by atoms with E-state index in [-0.39, 0.29) is 30.9 Å². The minimum absolute atomic E-state index is 0.0310. The molecule has 0 bridgehead atoms. The van der Waals surface area contributed by atoms with Crippen LogP contribution in [0.4, 0.5) is 15.9 Å². The Labute approximate surface area is 265 Å². The molecule has 5 rings (SSSR count). The maximum atomic E-state index is 15.2. The van der Waals surface area contributed by atoms with Gasteiger partial charge in [0.2, 0.25) is 5.91 Å². The Bertz CT molecular complexity index is 1640. The summed E-state index contributed by atoms with van der Waals surface area (Å²) in [6, 6.07) is 14.7. The molecule has 9 nitrogen and oxygen atoms in total. The van der Waals surface area contributed by atoms with Crippen molar-refractivity contribution in [2.75, 3.05) is 32.1 Å². The molecule has 2 aromatic carbocycles. The van der Waals surface area contributed by atoms with E-state index in [1.165, 1.54) is 6.20 Å². The number of carbonyl (C=O) groups excluding carboxylic acids is 1. The van der Waals surface area contributed by atoms with Crippen molar-refractivity contribution in [1.82, 2.24) is 25.9 Å². The molecule has 1 fully saturated rings. The summed E-state index contributed by atoms with van der Waals surface area (Å²) in [6.45, 7) is 1.80. The third kappa shape index (κ3) is 7.28. The summed E-state index contributed by atoms with van der Waals surface area (Å²) in [5.41, 5.74) is 4.45. The Balaban J connectivity index is 1.37. The van der Waals surface area contributed by atoms with E-state index >= 15 is 4.39 Å². The van der Waals surface area contributed by atoms with Crippen LogP contribution < -0.4 is 26.0 Å². The van der Waals surface area contributed by atoms with Gasteiger partial charge in [0.1, 0.15) is 5.75 Å². The minimum Gasteiger partial charge on any atom is -0.496 e. The van der Waals surface area contributed by atoms with Crippen molar-refractivity contribution in [3.8, 4) is 28.1 Å². The maximum Gasteiger partial charge on any atom is 0.220 e. The number of anilines is 2. The molecule has 0 spiro atoms. The molecule has 1 aliphatic rings. The highest BCUT2D eigenvalue weighted by atomic mass is 35.5. The zero-order chi connectivity index (χ0) is 31.1. The lowest BCUT2D eigenvalue weighted by Gasteiger charge is -2.16. The zero-order valence-corrected chi connectivity index (χ0v) is 25.6. The summed E-state index contributed by atoms with van der Waals surface area (Å²) >= 11 is 13.8. The van der Waals surface area contributed by atoms with Crippen molar-refractivity contribution in [3.05, 3.63) is 87.9 Å². The Morgan fingerprint density at radius 3 is 2.59 bits per heavy atom. The first-order chi connectivity index (χ1) is 21.4. The number of benzene rings is 2. The molecule has 12 heteroatoms. The number of rotatable bonds is 13. The van der Waals surface area contributed by atoms with E-state index in [4.69, 9.17) is 33.0 Å². The predicted molar refractivity (Wildman–Crippen MR) is 171 cm³/mol. The molecule has 1 atom stereocenters. The molecule has 4 aromatic rings. The van der Waals surface area contributed by atoms with E-state index in [0.717, 1.165) is 17.5 Å². The number of aliphatic hydroxyl groups excluding tert-OH is 1. The number of amides is 1. The number of pyridine rings is 2. The topological polar surface area (TPSA) is 120 Å². The highest BCUT2D eigenvalue weighted by Crippen LogP contribution is 2.41. The van der Waals surface area contributed by atoms with Gasteiger partial charge in [-0.15, -0.1) is 0 Å². The molecule has 0 unspecified atom stereocenters. The molecule has 1 amide bonds. The number of nitrogens with one attached hydrogen (secondary N) is 4. The normalized spacial score (nSPS) is 14.5. The monoisotopic (exact) mass is 638 g/mol. The summed E-state index contributed by atoms with van der Waals surface area (Å²) in [5.74, 6) is 0.292. The van der Waals surface area contributed by atoms with Gasteiger partial charge in [0.25, 0.3) is 0 Å². The Morgan fingerprint density at radius 1 is 1.02 bits per heavy atom. The number of carbonyl (C=O) groups is 1. The van der Waals surface area contributed by atoms with Crippen LogP contribution >= 0.6 is 23.2 Å². The van der Waals surface area contributed by atoms with E-state index in [2.05, 4.69) is 31.2 Å². The summed E-state index contributed by atoms with van der Waals surface area (Å²) < 4.78 is 20.8. The lowest BCUT2D eigenvalue weighted by atomic mass is 10.0. The van der Waals surface area contributed by atoms with Gasteiger partial charge in [0.05, 0.1) is 35.1 Å². The standard InChI is InChI=1S/C32H33Cl2FN6O3/c1-44-26-15-19(5-6-20(26)16-37-18-22-7-8-27(43)40-22)31-29(34)24(10-12-38-31)23-3-2-4-25(28(23)33)41-32-30(35)21(9-11-39-32)17-36-13-14-42/h2-6,9-12,15,22,36-37,42H,7-8,13-14,16-18H2,1H3,(H,39,41)(H,40,43)/t22-/m0/s1. The molecule has 0 radical (unpaired) electrons. The van der Waals surface area contributed by atoms with E-state index in [1.54, 1.807) is 37.6 Å². The predicted octanol–water partition coefficient (Wildman–Crippen LogP) is 5.46. The minimum atomic E-state index is -0.512. The van der Waals surface area contributed by atoms with Crippen molar-refractivity contribution in [2.45, 2.75) is 32.0 Å². The number of aliphatic hydroxyl groups is 1. The SMILES string of the molecule is COc1cc(-c2nccc(-c3cccc(Nc4nccc(CNCCO)c4F)c3Cl)c2Cl)ccc1CNC[C@@H]1CCC(=O)N1. The molecule has 5 N–H and O–H groups in total. The zero-order valence-electron chi connectivity index (χ0n) is 24.1. The number of aromatic nitrogens is 2. The van der Waals surface area contributed by atoms with Gasteiger partial charge in [0, 0.05) is 78.9 Å². The van der Waals surface area contributed by atoms with Crippen LogP contribution in [0.15, 0.2) is 60.9 Å². The van der Waals surface area contributed by atoms with Crippen LogP contribution in [0.1, 0.15) is 24.0 Å². The molecule has 3 heterocycles. The summed E-state index contributed by atoms with van der Waals surface area (Å²) in [7, 11) is 1.61. The number of methoxy groups -OCH3 is 1. The number of hydrogen-bond acceptors (Lipinski definition) is 8. The number of nitrogens with zero attached hydrogens (tertiary/aromatic N) is 2. The number of hydrogen-bond donors (Lipinski definition) is 5. The van der Waals surface area contributed by atoms with Gasteiger partial charge in [0.15, 0.2) is 11.6 Å². The van der Waals surface area contributed by atoms with Gasteiger partial charge in [-0.05, 0) is 30.7 Å². The molecule has 44 heavy (non-hydrogen) atoms. The van der Waals surface area contributed by atoms with Crippen LogP contribution in [0.5, 0.6) is 5.75 Å². The van der Waals surface area contributed by atoms with Crippen LogP contribution in [0.25, 0.3) is 22.4 Å². The molecule has 1 saturated heterocycles. The second-order valence-corrected chi connectivity index (χ2v) is 11.1. The molecule has 1 aliphatic heterocycles. The van der Waals surface area contributed by atoms with Crippen molar-refractivity contribution in [3.63, 3.8) is 0 Å². The molecular formula is C32H33Cl2FN6O3. The van der Waals surface area contributed by atoms with Gasteiger partial charge in [-0.3, -0.25) is 9.78 Å². The fourth-order valence-corrected chi connectivity index (χ4v) is 5.67. The van der Waals surface area contributed by atoms with E-state index < -0.39 is 5.82 Å². The van der Waals surface area contributed by atoms with E-state index in [0.29, 0.717) is 69.9 Å². The van der Waals surface area contributed by atoms with Crippen molar-refractivity contribution in [2.24, 2.45) is 0 Å². The fourth-order valence-electron chi connectivity index (χ4n) is 5.08. The van der Waals surface area contributed by atoms with Crippen LogP contribution in [-0.2, 0) is 17.9 Å². The third-order valence-electron chi connectivity index (χ3n) is 7.36. The first kappa shape index (κ1) is 31.6. The molecule has 2 aromatic heterocycles. The van der Waals surface area contributed by atoms with Gasteiger partial charge in [-0.2, -0.15) is 0 Å². The summed E-state index contributed by atoms with van der Waals surface area (Å²) in [5, 5.41) is 22.1. The average molecular weight is 640 g/mol. The van der Waals surface area contributed by atoms with Crippen LogP contribution in [0, 0.1) is 5.82 Å².